The van der Waals surface area contributed by atoms with Crippen LogP contribution in [0.1, 0.15) is 0 Å². The predicted molar refractivity (Wildman–Crippen MR) is 303 cm³/mol. The van der Waals surface area contributed by atoms with E-state index in [-0.39, 0.29) is 0 Å². The summed E-state index contributed by atoms with van der Waals surface area (Å²) in [5.74, 6) is 0. The molecule has 13 aromatic rings. The van der Waals surface area contributed by atoms with Gasteiger partial charge in [0.25, 0.3) is 0 Å². The molecule has 0 fully saturated rings. The fourth-order valence-corrected chi connectivity index (χ4v) is 17.0. The van der Waals surface area contributed by atoms with Gasteiger partial charge in [0.05, 0.1) is 16.7 Å². The van der Waals surface area contributed by atoms with Crippen LogP contribution in [-0.4, -0.2) is 12.6 Å². The van der Waals surface area contributed by atoms with E-state index in [0.29, 0.717) is 0 Å². The average molecular weight is 927 g/mol. The topological polar surface area (TPSA) is 8.17 Å². The maximum absolute atomic E-state index is 2.64. The average Bonchev–Trinajstić information content (AvgIpc) is 4.00. The molecule has 0 N–H and O–H groups in total. The van der Waals surface area contributed by atoms with Crippen molar-refractivity contribution in [1.82, 2.24) is 4.57 Å². The summed E-state index contributed by atoms with van der Waals surface area (Å²) in [7, 11) is -2.64. The number of nitrogens with zero attached hydrogens (tertiary/aromatic N) is 2. The largest absolute Gasteiger partial charge is 0.310 e. The van der Waals surface area contributed by atoms with Crippen molar-refractivity contribution in [1.29, 1.82) is 0 Å². The maximum atomic E-state index is 2.44. The van der Waals surface area contributed by atoms with Gasteiger partial charge in [-0.2, -0.15) is 0 Å². The highest BCUT2D eigenvalue weighted by Gasteiger charge is 2.41. The summed E-state index contributed by atoms with van der Waals surface area (Å²) < 4.78 is 5.04. The first-order chi connectivity index (χ1) is 34.7. The minimum atomic E-state index is -2.64. The van der Waals surface area contributed by atoms with Crippen molar-refractivity contribution in [3.8, 4) is 27.9 Å². The van der Waals surface area contributed by atoms with Crippen molar-refractivity contribution in [2.45, 2.75) is 0 Å². The molecule has 2 heterocycles. The summed E-state index contributed by atoms with van der Waals surface area (Å²) in [5, 5.41) is 10.5. The second kappa shape index (κ2) is 17.5. The smallest absolute Gasteiger partial charge is 0.179 e. The molecule has 0 aliphatic rings. The standard InChI is InChI=1S/C66H46N2SSi/c1-5-19-50(20-6-1)68-61-31-15-13-28-60(61)65-62(32-18-33-63(65)68)67(52-43-37-49(38-44-52)57-29-17-30-59-58-27-14-16-34-64(58)69-66(57)59)51-41-35-47(36-42-51)48-39-45-56(46-40-48)70(53-21-7-2-8-22-53,54-23-9-3-10-24-54)55-25-11-4-12-26-55/h1-46H. The third-order valence-electron chi connectivity index (χ3n) is 14.2. The van der Waals surface area contributed by atoms with E-state index in [4.69, 9.17) is 0 Å². The lowest BCUT2D eigenvalue weighted by Crippen LogP contribution is -2.74. The molecule has 0 bridgehead atoms. The lowest BCUT2D eigenvalue weighted by atomic mass is 10.0. The first-order valence-electron chi connectivity index (χ1n) is 24.0. The summed E-state index contributed by atoms with van der Waals surface area (Å²) in [6.45, 7) is 0. The third kappa shape index (κ3) is 6.91. The Kier molecular flexibility index (Phi) is 10.4. The number of para-hydroxylation sites is 2. The van der Waals surface area contributed by atoms with Gasteiger partial charge < -0.3 is 9.47 Å². The summed E-state index contributed by atoms with van der Waals surface area (Å²) in [5.41, 5.74) is 11.6. The number of hydrogen-bond donors (Lipinski definition) is 0. The van der Waals surface area contributed by atoms with E-state index in [0.717, 1.165) is 22.7 Å². The molecule has 330 valence electrons. The SMILES string of the molecule is c1ccc(-n2c3ccccc3c3c(N(c4ccc(-c5ccc([Si](c6ccccc6)(c6ccccc6)c6ccccc6)cc5)cc4)c4ccc(-c5cccc6c5sc5ccccc56)cc4)cccc32)cc1. The van der Waals surface area contributed by atoms with Crippen molar-refractivity contribution in [2.75, 3.05) is 4.90 Å². The highest BCUT2D eigenvalue weighted by atomic mass is 32.1. The van der Waals surface area contributed by atoms with Gasteiger partial charge in [-0.3, -0.25) is 0 Å². The maximum Gasteiger partial charge on any atom is 0.179 e. The second-order valence-corrected chi connectivity index (χ2v) is 22.9. The Morgan fingerprint density at radius 2 is 0.786 bits per heavy atom. The summed E-state index contributed by atoms with van der Waals surface area (Å²) in [6, 6.07) is 103. The van der Waals surface area contributed by atoms with Crippen molar-refractivity contribution < 1.29 is 0 Å². The fourth-order valence-electron chi connectivity index (χ4n) is 11.0. The molecule has 0 unspecified atom stereocenters. The number of hydrogen-bond acceptors (Lipinski definition) is 2. The molecular formula is C66H46N2SSi. The number of thiophene rings is 1. The molecule has 0 aliphatic carbocycles. The van der Waals surface area contributed by atoms with E-state index in [1.807, 2.05) is 11.3 Å². The molecule has 0 radical (unpaired) electrons. The van der Waals surface area contributed by atoms with Gasteiger partial charge in [0.2, 0.25) is 0 Å². The van der Waals surface area contributed by atoms with Gasteiger partial charge in [-0.25, -0.2) is 0 Å². The molecule has 0 saturated carbocycles. The van der Waals surface area contributed by atoms with Crippen LogP contribution >= 0.6 is 11.3 Å². The van der Waals surface area contributed by atoms with E-state index in [9.17, 15) is 0 Å². The third-order valence-corrected chi connectivity index (χ3v) is 20.2. The molecular weight excluding hydrogens is 881 g/mol. The second-order valence-electron chi connectivity index (χ2n) is 18.0. The number of rotatable bonds is 10. The zero-order valence-corrected chi connectivity index (χ0v) is 40.2. The molecule has 0 atom stereocenters. The summed E-state index contributed by atoms with van der Waals surface area (Å²) in [4.78, 5) is 2.44. The van der Waals surface area contributed by atoms with Gasteiger partial charge in [-0.05, 0) is 104 Å². The highest BCUT2D eigenvalue weighted by molar-refractivity contribution is 7.26. The number of benzene rings is 11. The van der Waals surface area contributed by atoms with Gasteiger partial charge in [0.1, 0.15) is 0 Å². The monoisotopic (exact) mass is 926 g/mol. The Hall–Kier alpha value is -8.54. The van der Waals surface area contributed by atoms with Crippen molar-refractivity contribution >= 4 is 99.2 Å². The minimum Gasteiger partial charge on any atom is -0.310 e. The zero-order chi connectivity index (χ0) is 46.4. The summed E-state index contributed by atoms with van der Waals surface area (Å²) in [6.07, 6.45) is 0. The molecule has 0 saturated heterocycles. The molecule has 11 aromatic carbocycles. The van der Waals surface area contributed by atoms with Crippen LogP contribution in [0.15, 0.2) is 279 Å². The normalized spacial score (nSPS) is 11.7. The summed E-state index contributed by atoms with van der Waals surface area (Å²) >= 11 is 1.88. The Balaban J connectivity index is 0.939. The molecule has 70 heavy (non-hydrogen) atoms. The Bertz CT molecular complexity index is 3860. The number of anilines is 3. The minimum absolute atomic E-state index is 1.09. The van der Waals surface area contributed by atoms with E-state index in [1.165, 1.54) is 85.0 Å². The fraction of sp³-hybridized carbons (Fsp3) is 0. The Morgan fingerprint density at radius 3 is 1.40 bits per heavy atom. The molecule has 0 spiro atoms. The van der Waals surface area contributed by atoms with Crippen molar-refractivity contribution in [3.63, 3.8) is 0 Å². The first-order valence-corrected chi connectivity index (χ1v) is 26.8. The first kappa shape index (κ1) is 41.6. The molecule has 4 heteroatoms. The van der Waals surface area contributed by atoms with Crippen molar-refractivity contribution in [2.24, 2.45) is 0 Å². The van der Waals surface area contributed by atoms with Crippen LogP contribution in [0.5, 0.6) is 0 Å². The number of fused-ring (bicyclic) bond motifs is 6. The van der Waals surface area contributed by atoms with Gasteiger partial charge in [-0.15, -0.1) is 11.3 Å². The van der Waals surface area contributed by atoms with Crippen LogP contribution in [0.2, 0.25) is 0 Å². The highest BCUT2D eigenvalue weighted by Crippen LogP contribution is 2.45. The van der Waals surface area contributed by atoms with Crippen LogP contribution < -0.4 is 25.6 Å². The van der Waals surface area contributed by atoms with E-state index in [1.54, 1.807) is 0 Å². The van der Waals surface area contributed by atoms with Crippen LogP contribution in [0.4, 0.5) is 17.1 Å². The van der Waals surface area contributed by atoms with Gasteiger partial charge >= 0.3 is 0 Å². The van der Waals surface area contributed by atoms with Crippen LogP contribution in [0, 0.1) is 0 Å². The van der Waals surface area contributed by atoms with Crippen LogP contribution in [0.25, 0.3) is 69.9 Å². The Morgan fingerprint density at radius 1 is 0.329 bits per heavy atom. The molecule has 2 aromatic heterocycles. The van der Waals surface area contributed by atoms with Gasteiger partial charge in [0.15, 0.2) is 8.07 Å². The zero-order valence-electron chi connectivity index (χ0n) is 38.4. The lowest BCUT2D eigenvalue weighted by molar-refractivity contribution is 1.18. The predicted octanol–water partition coefficient (Wildman–Crippen LogP) is 15.3. The van der Waals surface area contributed by atoms with Crippen LogP contribution in [-0.2, 0) is 0 Å². The molecule has 2 nitrogen and oxygen atoms in total. The quantitative estimate of drug-likeness (QED) is 0.0980. The molecule has 0 aliphatic heterocycles. The van der Waals surface area contributed by atoms with Crippen molar-refractivity contribution in [3.05, 3.63) is 279 Å². The molecule has 13 rings (SSSR count). The number of aromatic nitrogens is 1. The van der Waals surface area contributed by atoms with Gasteiger partial charge in [-0.1, -0.05) is 218 Å². The lowest BCUT2D eigenvalue weighted by Gasteiger charge is -2.34. The Labute approximate surface area is 413 Å². The van der Waals surface area contributed by atoms with E-state index < -0.39 is 8.07 Å². The van der Waals surface area contributed by atoms with Gasteiger partial charge in [0, 0.05) is 48.0 Å². The van der Waals surface area contributed by atoms with E-state index >= 15 is 0 Å². The molecule has 0 amide bonds. The van der Waals surface area contributed by atoms with Crippen LogP contribution in [0.3, 0.4) is 0 Å². The van der Waals surface area contributed by atoms with E-state index in [2.05, 4.69) is 289 Å².